The molecule has 178 valence electrons. The molecule has 0 unspecified atom stereocenters. The highest BCUT2D eigenvalue weighted by Crippen LogP contribution is 2.32. The minimum Gasteiger partial charge on any atom is -0.384 e. The summed E-state index contributed by atoms with van der Waals surface area (Å²) >= 11 is 1.42. The number of nitrogens with two attached hydrogens (primary N) is 1. The van der Waals surface area contributed by atoms with Crippen LogP contribution in [0.5, 0.6) is 0 Å². The van der Waals surface area contributed by atoms with E-state index in [1.54, 1.807) is 6.20 Å². The van der Waals surface area contributed by atoms with E-state index in [4.69, 9.17) is 10.5 Å². The molecule has 0 saturated heterocycles. The third-order valence-electron chi connectivity index (χ3n) is 5.50. The molecule has 0 radical (unpaired) electrons. The van der Waals surface area contributed by atoms with Gasteiger partial charge in [0.15, 0.2) is 5.13 Å². The molecule has 0 aliphatic carbocycles. The van der Waals surface area contributed by atoms with E-state index in [1.807, 2.05) is 18.2 Å². The minimum atomic E-state index is -4.39. The van der Waals surface area contributed by atoms with Crippen molar-refractivity contribution in [1.29, 1.82) is 0 Å². The van der Waals surface area contributed by atoms with Crippen LogP contribution in [-0.4, -0.2) is 36.3 Å². The lowest BCUT2D eigenvalue weighted by molar-refractivity contribution is -0.137. The molecule has 2 heterocycles. The van der Waals surface area contributed by atoms with Crippen molar-refractivity contribution in [3.8, 4) is 10.4 Å². The van der Waals surface area contributed by atoms with Crippen LogP contribution in [0, 0.1) is 5.95 Å². The maximum atomic E-state index is 13.5. The Kier molecular flexibility index (Phi) is 7.11. The lowest BCUT2D eigenvalue weighted by atomic mass is 9.92. The van der Waals surface area contributed by atoms with Gasteiger partial charge < -0.3 is 15.8 Å². The maximum Gasteiger partial charge on any atom is 0.416 e. The summed E-state index contributed by atoms with van der Waals surface area (Å²) < 4.78 is 57.3. The van der Waals surface area contributed by atoms with Gasteiger partial charge in [-0.25, -0.2) is 9.97 Å². The first-order valence-electron chi connectivity index (χ1n) is 10.4. The zero-order valence-corrected chi connectivity index (χ0v) is 19.0. The number of rotatable bonds is 8. The van der Waals surface area contributed by atoms with Crippen LogP contribution in [-0.2, 0) is 10.9 Å². The molecule has 2 aromatic carbocycles. The summed E-state index contributed by atoms with van der Waals surface area (Å²) in [5.74, 6) is -0.841. The lowest BCUT2D eigenvalue weighted by Gasteiger charge is -2.24. The third-order valence-corrected chi connectivity index (χ3v) is 6.50. The third kappa shape index (κ3) is 5.52. The first-order valence-corrected chi connectivity index (χ1v) is 11.2. The SMILES string of the molecule is COC[C@H](c1ccc(C(F)(F)F)cc1)[C@H](N)CNc1ncc(-c2ccc3cnc(F)cc3c2)s1. The molecule has 0 spiro atoms. The van der Waals surface area contributed by atoms with Gasteiger partial charge in [0.25, 0.3) is 0 Å². The average molecular weight is 491 g/mol. The Labute approximate surface area is 197 Å². The van der Waals surface area contributed by atoms with E-state index in [2.05, 4.69) is 15.3 Å². The predicted molar refractivity (Wildman–Crippen MR) is 125 cm³/mol. The second kappa shape index (κ2) is 10.0. The predicted octanol–water partition coefficient (Wildman–Crippen LogP) is 5.69. The first kappa shape index (κ1) is 24.1. The number of hydrogen-bond acceptors (Lipinski definition) is 6. The Morgan fingerprint density at radius 2 is 1.79 bits per heavy atom. The van der Waals surface area contributed by atoms with Crippen molar-refractivity contribution < 1.29 is 22.3 Å². The molecule has 4 aromatic rings. The van der Waals surface area contributed by atoms with Crippen LogP contribution < -0.4 is 11.1 Å². The van der Waals surface area contributed by atoms with Gasteiger partial charge in [0.2, 0.25) is 5.95 Å². The molecule has 2 aromatic heterocycles. The van der Waals surface area contributed by atoms with Crippen LogP contribution in [0.4, 0.5) is 22.7 Å². The smallest absolute Gasteiger partial charge is 0.384 e. The van der Waals surface area contributed by atoms with Crippen LogP contribution in [0.25, 0.3) is 21.2 Å². The highest BCUT2D eigenvalue weighted by molar-refractivity contribution is 7.18. The van der Waals surface area contributed by atoms with E-state index in [-0.39, 0.29) is 12.5 Å². The van der Waals surface area contributed by atoms with E-state index in [0.717, 1.165) is 33.3 Å². The van der Waals surface area contributed by atoms with Crippen molar-refractivity contribution in [3.05, 3.63) is 78.0 Å². The molecule has 4 rings (SSSR count). The Morgan fingerprint density at radius 1 is 1.03 bits per heavy atom. The number of halogens is 4. The highest BCUT2D eigenvalue weighted by atomic mass is 32.1. The van der Waals surface area contributed by atoms with Crippen LogP contribution >= 0.6 is 11.3 Å². The summed E-state index contributed by atoms with van der Waals surface area (Å²) in [4.78, 5) is 8.94. The van der Waals surface area contributed by atoms with Crippen LogP contribution in [0.1, 0.15) is 17.0 Å². The number of nitrogens with zero attached hydrogens (tertiary/aromatic N) is 2. The van der Waals surface area contributed by atoms with Gasteiger partial charge in [-0.1, -0.05) is 35.6 Å². The van der Waals surface area contributed by atoms with Crippen molar-refractivity contribution in [2.75, 3.05) is 25.6 Å². The van der Waals surface area contributed by atoms with E-state index >= 15 is 0 Å². The topological polar surface area (TPSA) is 73.1 Å². The molecular weight excluding hydrogens is 468 g/mol. The number of alkyl halides is 3. The molecule has 0 fully saturated rings. The van der Waals surface area contributed by atoms with Gasteiger partial charge in [-0.15, -0.1) is 0 Å². The summed E-state index contributed by atoms with van der Waals surface area (Å²) in [5, 5.41) is 5.43. The monoisotopic (exact) mass is 490 g/mol. The zero-order valence-electron chi connectivity index (χ0n) is 18.1. The van der Waals surface area contributed by atoms with Crippen molar-refractivity contribution in [2.24, 2.45) is 5.73 Å². The number of hydrogen-bond donors (Lipinski definition) is 2. The largest absolute Gasteiger partial charge is 0.416 e. The van der Waals surface area contributed by atoms with Gasteiger partial charge in [0.1, 0.15) is 0 Å². The molecule has 5 nitrogen and oxygen atoms in total. The van der Waals surface area contributed by atoms with Gasteiger partial charge in [-0.3, -0.25) is 0 Å². The summed E-state index contributed by atoms with van der Waals surface area (Å²) in [6.45, 7) is 0.608. The number of pyridine rings is 1. The van der Waals surface area contributed by atoms with Gasteiger partial charge in [-0.2, -0.15) is 17.6 Å². The molecule has 3 N–H and O–H groups in total. The van der Waals surface area contributed by atoms with Gasteiger partial charge in [0.05, 0.1) is 17.0 Å². The number of fused-ring (bicyclic) bond motifs is 1. The van der Waals surface area contributed by atoms with Crippen molar-refractivity contribution >= 4 is 27.2 Å². The number of thiazole rings is 1. The fraction of sp³-hybridized carbons (Fsp3) is 0.250. The molecule has 0 amide bonds. The number of nitrogens with one attached hydrogen (secondary N) is 1. The Morgan fingerprint density at radius 3 is 2.50 bits per heavy atom. The Bertz CT molecular complexity index is 1260. The zero-order chi connectivity index (χ0) is 24.3. The molecule has 0 bridgehead atoms. The molecule has 34 heavy (non-hydrogen) atoms. The molecular formula is C24H22F4N4OS. The second-order valence-corrected chi connectivity index (χ2v) is 8.86. The minimum absolute atomic E-state index is 0.264. The molecule has 0 aliphatic heterocycles. The molecule has 0 aliphatic rings. The maximum absolute atomic E-state index is 13.5. The molecule has 10 heteroatoms. The number of ether oxygens (including phenoxy) is 1. The first-order chi connectivity index (χ1) is 16.2. The summed E-state index contributed by atoms with van der Waals surface area (Å²) in [5.41, 5.74) is 7.23. The normalized spacial score (nSPS) is 13.7. The Hall–Kier alpha value is -3.08. The van der Waals surface area contributed by atoms with E-state index in [0.29, 0.717) is 17.2 Å². The van der Waals surface area contributed by atoms with Crippen LogP contribution in [0.15, 0.2) is 60.9 Å². The summed E-state index contributed by atoms with van der Waals surface area (Å²) in [6, 6.07) is 11.6. The highest BCUT2D eigenvalue weighted by Gasteiger charge is 2.30. The van der Waals surface area contributed by atoms with Crippen LogP contribution in [0.2, 0.25) is 0 Å². The van der Waals surface area contributed by atoms with Gasteiger partial charge in [0, 0.05) is 49.5 Å². The lowest BCUT2D eigenvalue weighted by Crippen LogP contribution is -2.37. The number of methoxy groups -OCH3 is 1. The summed E-state index contributed by atoms with van der Waals surface area (Å²) in [7, 11) is 1.52. The fourth-order valence-corrected chi connectivity index (χ4v) is 4.49. The van der Waals surface area contributed by atoms with Crippen molar-refractivity contribution in [2.45, 2.75) is 18.1 Å². The molecule has 0 saturated carbocycles. The Balaban J connectivity index is 1.44. The molecule has 2 atom stereocenters. The standard InChI is InChI=1S/C24H22F4N4OS/c1-33-13-19(14-4-6-18(7-5-14)24(26,27)28)20(29)11-31-23-32-12-21(34-23)15-2-3-16-10-30-22(25)9-17(16)8-15/h2-10,12,19-20H,11,13,29H2,1H3,(H,31,32)/t19-,20-/m1/s1. The van der Waals surface area contributed by atoms with Gasteiger partial charge >= 0.3 is 6.18 Å². The number of aromatic nitrogens is 2. The quantitative estimate of drug-likeness (QED) is 0.245. The fourth-order valence-electron chi connectivity index (χ4n) is 3.67. The summed E-state index contributed by atoms with van der Waals surface area (Å²) in [6.07, 6.45) is -1.18. The van der Waals surface area contributed by atoms with Gasteiger partial charge in [-0.05, 0) is 34.7 Å². The van der Waals surface area contributed by atoms with Crippen LogP contribution in [0.3, 0.4) is 0 Å². The number of anilines is 1. The van der Waals surface area contributed by atoms with E-state index in [1.165, 1.54) is 42.8 Å². The number of benzene rings is 2. The average Bonchev–Trinajstić information content (AvgIpc) is 3.29. The van der Waals surface area contributed by atoms with Crippen molar-refractivity contribution in [3.63, 3.8) is 0 Å². The van der Waals surface area contributed by atoms with Crippen molar-refractivity contribution in [1.82, 2.24) is 9.97 Å². The second-order valence-electron chi connectivity index (χ2n) is 7.82. The van der Waals surface area contributed by atoms with E-state index in [9.17, 15) is 17.6 Å². The van der Waals surface area contributed by atoms with E-state index < -0.39 is 23.7 Å².